The van der Waals surface area contributed by atoms with Crippen LogP contribution < -0.4 is 0 Å². The van der Waals surface area contributed by atoms with Gasteiger partial charge in [-0.25, -0.2) is 0 Å². The normalized spacial score (nSPS) is 16.8. The Morgan fingerprint density at radius 1 is 1.33 bits per heavy atom. The molecule has 1 aliphatic rings. The van der Waals surface area contributed by atoms with Crippen molar-refractivity contribution < 1.29 is 4.79 Å². The number of amides is 1. The van der Waals surface area contributed by atoms with Gasteiger partial charge in [-0.15, -0.1) is 11.3 Å². The van der Waals surface area contributed by atoms with Gasteiger partial charge in [0.2, 0.25) is 0 Å². The van der Waals surface area contributed by atoms with Gasteiger partial charge in [0.05, 0.1) is 5.56 Å². The number of carbonyl (C=O) groups is 1. The zero-order valence-corrected chi connectivity index (χ0v) is 10.7. The lowest BCUT2D eigenvalue weighted by Crippen LogP contribution is -2.37. The first-order valence-electron chi connectivity index (χ1n) is 5.12. The van der Waals surface area contributed by atoms with E-state index in [-0.39, 0.29) is 5.91 Å². The van der Waals surface area contributed by atoms with Gasteiger partial charge in [0.15, 0.2) is 0 Å². The monoisotopic (exact) mass is 241 g/mol. The standard InChI is InChI=1S/C11H15NOS2/c1-8-7-10(9(2)15-8)11(13)12-3-5-14-6-4-12/h7H,3-6H2,1-2H3. The number of rotatable bonds is 1. The summed E-state index contributed by atoms with van der Waals surface area (Å²) >= 11 is 3.64. The van der Waals surface area contributed by atoms with E-state index in [1.807, 2.05) is 29.7 Å². The van der Waals surface area contributed by atoms with Gasteiger partial charge in [0.25, 0.3) is 5.91 Å². The first-order valence-corrected chi connectivity index (χ1v) is 7.09. The Kier molecular flexibility index (Phi) is 3.36. The van der Waals surface area contributed by atoms with E-state index in [0.29, 0.717) is 0 Å². The van der Waals surface area contributed by atoms with E-state index in [0.717, 1.165) is 35.0 Å². The Morgan fingerprint density at radius 3 is 2.53 bits per heavy atom. The smallest absolute Gasteiger partial charge is 0.255 e. The minimum Gasteiger partial charge on any atom is -0.337 e. The number of carbonyl (C=O) groups excluding carboxylic acids is 1. The van der Waals surface area contributed by atoms with Gasteiger partial charge >= 0.3 is 0 Å². The van der Waals surface area contributed by atoms with Crippen molar-refractivity contribution in [1.29, 1.82) is 0 Å². The van der Waals surface area contributed by atoms with Crippen LogP contribution in [0.1, 0.15) is 20.1 Å². The number of hydrogen-bond donors (Lipinski definition) is 0. The molecule has 1 aromatic rings. The molecule has 1 aliphatic heterocycles. The zero-order valence-electron chi connectivity index (χ0n) is 9.08. The Balaban J connectivity index is 2.16. The summed E-state index contributed by atoms with van der Waals surface area (Å²) in [5, 5.41) is 0. The average molecular weight is 241 g/mol. The molecule has 0 saturated carbocycles. The number of thiophene rings is 1. The van der Waals surface area contributed by atoms with Gasteiger partial charge in [-0.3, -0.25) is 4.79 Å². The van der Waals surface area contributed by atoms with E-state index in [1.54, 1.807) is 11.3 Å². The Labute approximate surface area is 98.7 Å². The molecule has 0 radical (unpaired) electrons. The first-order chi connectivity index (χ1) is 7.18. The van der Waals surface area contributed by atoms with Gasteiger partial charge in [0.1, 0.15) is 0 Å². The van der Waals surface area contributed by atoms with Crippen LogP contribution in [0.15, 0.2) is 6.07 Å². The molecule has 0 aromatic carbocycles. The molecule has 2 rings (SSSR count). The van der Waals surface area contributed by atoms with Gasteiger partial charge in [-0.1, -0.05) is 0 Å². The average Bonchev–Trinajstić information content (AvgIpc) is 2.58. The topological polar surface area (TPSA) is 20.3 Å². The van der Waals surface area contributed by atoms with Crippen LogP contribution in [0, 0.1) is 13.8 Å². The molecule has 0 unspecified atom stereocenters. The van der Waals surface area contributed by atoms with Crippen LogP contribution in [0.4, 0.5) is 0 Å². The second-order valence-electron chi connectivity index (χ2n) is 3.73. The fourth-order valence-electron chi connectivity index (χ4n) is 1.78. The number of aryl methyl sites for hydroxylation is 2. The maximum Gasteiger partial charge on any atom is 0.255 e. The van der Waals surface area contributed by atoms with Crippen LogP contribution in [0.25, 0.3) is 0 Å². The SMILES string of the molecule is Cc1cc(C(=O)N2CCSCC2)c(C)s1. The molecule has 15 heavy (non-hydrogen) atoms. The highest BCUT2D eigenvalue weighted by Crippen LogP contribution is 2.23. The van der Waals surface area contributed by atoms with E-state index < -0.39 is 0 Å². The molecule has 1 fully saturated rings. The van der Waals surface area contributed by atoms with Gasteiger partial charge < -0.3 is 4.90 Å². The summed E-state index contributed by atoms with van der Waals surface area (Å²) < 4.78 is 0. The molecule has 1 amide bonds. The predicted molar refractivity (Wildman–Crippen MR) is 67.0 cm³/mol. The van der Waals surface area contributed by atoms with Crippen LogP contribution in [0.5, 0.6) is 0 Å². The molecule has 1 aromatic heterocycles. The van der Waals surface area contributed by atoms with E-state index >= 15 is 0 Å². The maximum atomic E-state index is 12.2. The third kappa shape index (κ3) is 2.37. The molecular weight excluding hydrogens is 226 g/mol. The highest BCUT2D eigenvalue weighted by molar-refractivity contribution is 7.99. The molecule has 0 atom stereocenters. The highest BCUT2D eigenvalue weighted by Gasteiger charge is 2.20. The molecule has 2 nitrogen and oxygen atoms in total. The summed E-state index contributed by atoms with van der Waals surface area (Å²) in [7, 11) is 0. The second kappa shape index (κ2) is 4.58. The molecule has 4 heteroatoms. The Bertz CT molecular complexity index is 367. The largest absolute Gasteiger partial charge is 0.337 e. The maximum absolute atomic E-state index is 12.2. The summed E-state index contributed by atoms with van der Waals surface area (Å²) in [6, 6.07) is 2.02. The minimum atomic E-state index is 0.220. The van der Waals surface area contributed by atoms with Crippen molar-refractivity contribution in [1.82, 2.24) is 4.90 Å². The number of thioether (sulfide) groups is 1. The van der Waals surface area contributed by atoms with Crippen LogP contribution in [-0.4, -0.2) is 35.4 Å². The van der Waals surface area contributed by atoms with Crippen LogP contribution in [0.2, 0.25) is 0 Å². The molecule has 2 heterocycles. The molecule has 1 saturated heterocycles. The van der Waals surface area contributed by atoms with Gasteiger partial charge in [-0.05, 0) is 19.9 Å². The number of hydrogen-bond acceptors (Lipinski definition) is 3. The number of nitrogens with zero attached hydrogens (tertiary/aromatic N) is 1. The summed E-state index contributed by atoms with van der Waals surface area (Å²) in [5.74, 6) is 2.37. The van der Waals surface area contributed by atoms with Crippen molar-refractivity contribution in [2.75, 3.05) is 24.6 Å². The Hall–Kier alpha value is -0.480. The van der Waals surface area contributed by atoms with E-state index in [1.165, 1.54) is 4.88 Å². The lowest BCUT2D eigenvalue weighted by molar-refractivity contribution is 0.0772. The zero-order chi connectivity index (χ0) is 10.8. The third-order valence-electron chi connectivity index (χ3n) is 2.57. The van der Waals surface area contributed by atoms with E-state index in [2.05, 4.69) is 6.92 Å². The van der Waals surface area contributed by atoms with Crippen molar-refractivity contribution in [3.8, 4) is 0 Å². The molecule has 0 aliphatic carbocycles. The van der Waals surface area contributed by atoms with E-state index in [4.69, 9.17) is 0 Å². The molecule has 0 N–H and O–H groups in total. The summed E-state index contributed by atoms with van der Waals surface area (Å²) in [4.78, 5) is 16.5. The second-order valence-corrected chi connectivity index (χ2v) is 6.42. The minimum absolute atomic E-state index is 0.220. The summed E-state index contributed by atoms with van der Waals surface area (Å²) in [6.07, 6.45) is 0. The predicted octanol–water partition coefficient (Wildman–Crippen LogP) is 2.55. The highest BCUT2D eigenvalue weighted by atomic mass is 32.2. The third-order valence-corrected chi connectivity index (χ3v) is 4.48. The quantitative estimate of drug-likeness (QED) is 0.753. The van der Waals surface area contributed by atoms with Crippen molar-refractivity contribution >= 4 is 29.0 Å². The van der Waals surface area contributed by atoms with Gasteiger partial charge in [-0.2, -0.15) is 11.8 Å². The molecule has 0 spiro atoms. The van der Waals surface area contributed by atoms with Crippen LogP contribution in [-0.2, 0) is 0 Å². The van der Waals surface area contributed by atoms with E-state index in [9.17, 15) is 4.79 Å². The molecular formula is C11H15NOS2. The van der Waals surface area contributed by atoms with Gasteiger partial charge in [0, 0.05) is 34.3 Å². The van der Waals surface area contributed by atoms with Crippen molar-refractivity contribution in [3.63, 3.8) is 0 Å². The fourth-order valence-corrected chi connectivity index (χ4v) is 3.60. The van der Waals surface area contributed by atoms with Crippen LogP contribution in [0.3, 0.4) is 0 Å². The molecule has 82 valence electrons. The van der Waals surface area contributed by atoms with Crippen molar-refractivity contribution in [3.05, 3.63) is 21.4 Å². The summed E-state index contributed by atoms with van der Waals surface area (Å²) in [6.45, 7) is 5.89. The summed E-state index contributed by atoms with van der Waals surface area (Å²) in [5.41, 5.74) is 0.907. The van der Waals surface area contributed by atoms with Crippen LogP contribution >= 0.6 is 23.1 Å². The molecule has 0 bridgehead atoms. The lowest BCUT2D eigenvalue weighted by Gasteiger charge is -2.26. The first kappa shape index (κ1) is 11.0. The van der Waals surface area contributed by atoms with Crippen molar-refractivity contribution in [2.45, 2.75) is 13.8 Å². The lowest BCUT2D eigenvalue weighted by atomic mass is 10.2. The van der Waals surface area contributed by atoms with Crippen molar-refractivity contribution in [2.24, 2.45) is 0 Å². The fraction of sp³-hybridized carbons (Fsp3) is 0.545. The Morgan fingerprint density at radius 2 is 2.00 bits per heavy atom.